The van der Waals surface area contributed by atoms with Crippen LogP contribution >= 0.6 is 0 Å². The fourth-order valence-corrected chi connectivity index (χ4v) is 5.50. The van der Waals surface area contributed by atoms with Crippen LogP contribution in [0.25, 0.3) is 11.0 Å². The van der Waals surface area contributed by atoms with Crippen molar-refractivity contribution in [2.24, 2.45) is 5.41 Å². The van der Waals surface area contributed by atoms with Crippen molar-refractivity contribution in [2.75, 3.05) is 18.5 Å². The van der Waals surface area contributed by atoms with E-state index in [9.17, 15) is 4.79 Å². The topological polar surface area (TPSA) is 74.0 Å². The van der Waals surface area contributed by atoms with Crippen LogP contribution in [0.3, 0.4) is 0 Å². The van der Waals surface area contributed by atoms with E-state index in [1.54, 1.807) is 11.0 Å². The van der Waals surface area contributed by atoms with Crippen LogP contribution in [-0.2, 0) is 17.8 Å². The minimum atomic E-state index is -0.329. The van der Waals surface area contributed by atoms with Crippen molar-refractivity contribution in [3.05, 3.63) is 65.0 Å². The third-order valence-electron chi connectivity index (χ3n) is 7.55. The molecule has 0 saturated heterocycles. The molecule has 170 valence electrons. The van der Waals surface area contributed by atoms with Gasteiger partial charge < -0.3 is 0 Å². The van der Waals surface area contributed by atoms with E-state index >= 15 is 0 Å². The summed E-state index contributed by atoms with van der Waals surface area (Å²) >= 11 is 0. The Morgan fingerprint density at radius 3 is 2.82 bits per heavy atom. The van der Waals surface area contributed by atoms with Gasteiger partial charge in [0.1, 0.15) is 6.33 Å². The first-order chi connectivity index (χ1) is 16.1. The second-order valence-electron chi connectivity index (χ2n) is 9.76. The lowest BCUT2D eigenvalue weighted by Gasteiger charge is -2.38. The number of hydrogen-bond donors (Lipinski definition) is 1. The Bertz CT molecular complexity index is 1210. The fraction of sp³-hybridized carbons (Fsp3) is 0.444. The summed E-state index contributed by atoms with van der Waals surface area (Å²) < 4.78 is 1.79. The zero-order valence-electron chi connectivity index (χ0n) is 19.3. The van der Waals surface area contributed by atoms with E-state index in [0.29, 0.717) is 0 Å². The minimum absolute atomic E-state index is 0.123. The lowest BCUT2D eigenvalue weighted by atomic mass is 9.71. The summed E-state index contributed by atoms with van der Waals surface area (Å²) in [5.74, 6) is 0.123. The molecule has 1 saturated carbocycles. The molecular weight excluding hydrogens is 410 g/mol. The van der Waals surface area contributed by atoms with E-state index in [1.807, 2.05) is 24.3 Å². The van der Waals surface area contributed by atoms with Crippen LogP contribution in [0.1, 0.15) is 60.8 Å². The maximum atomic E-state index is 13.6. The molecule has 1 aliphatic heterocycles. The summed E-state index contributed by atoms with van der Waals surface area (Å²) in [6.45, 7) is 4.83. The number of nitriles is 1. The van der Waals surface area contributed by atoms with Crippen molar-refractivity contribution >= 4 is 16.9 Å². The molecule has 3 aromatic rings. The first-order valence-electron chi connectivity index (χ1n) is 12.1. The van der Waals surface area contributed by atoms with Crippen LogP contribution in [0.4, 0.5) is 0 Å². The predicted octanol–water partition coefficient (Wildman–Crippen LogP) is 4.69. The average molecular weight is 442 g/mol. The Morgan fingerprint density at radius 1 is 1.15 bits per heavy atom. The highest BCUT2D eigenvalue weighted by atomic mass is 16.2. The number of imidazole rings is 1. The summed E-state index contributed by atoms with van der Waals surface area (Å²) in [4.78, 5) is 20.6. The number of nitrogens with one attached hydrogen (secondary N) is 1. The molecule has 1 N–H and O–H groups in total. The molecule has 0 atom stereocenters. The molecule has 2 heterocycles. The van der Waals surface area contributed by atoms with E-state index in [-0.39, 0.29) is 11.3 Å². The Hall–Kier alpha value is -3.17. The van der Waals surface area contributed by atoms with Crippen LogP contribution in [-0.4, -0.2) is 33.6 Å². The quantitative estimate of drug-likeness (QED) is 0.624. The maximum Gasteiger partial charge on any atom is 0.245 e. The Morgan fingerprint density at radius 2 is 2.00 bits per heavy atom. The first-order valence-corrected chi connectivity index (χ1v) is 12.1. The predicted molar refractivity (Wildman–Crippen MR) is 129 cm³/mol. The van der Waals surface area contributed by atoms with E-state index in [4.69, 9.17) is 5.26 Å². The number of carbonyl (C=O) groups is 1. The van der Waals surface area contributed by atoms with Gasteiger partial charge in [0.15, 0.2) is 0 Å². The molecule has 1 amide bonds. The number of nitrogens with zero attached hydrogens (tertiary/aromatic N) is 4. The van der Waals surface area contributed by atoms with Crippen molar-refractivity contribution in [1.29, 1.82) is 5.26 Å². The normalized spacial score (nSPS) is 17.9. The molecule has 0 spiro atoms. The third-order valence-corrected chi connectivity index (χ3v) is 7.55. The van der Waals surface area contributed by atoms with Gasteiger partial charge in [-0.05, 0) is 80.1 Å². The standard InChI is InChI=1S/C27H31N5O/c1-20-5-8-25-24(15-20)29-19-32(25)30-26(33)27(10-3-2-4-11-27)12-14-31-13-9-22-16-21(17-28)6-7-23(22)18-31/h5-8,15-16,19H,2-4,9-14,18H2,1H3,(H,30,33). The minimum Gasteiger partial charge on any atom is -0.299 e. The maximum absolute atomic E-state index is 13.6. The largest absolute Gasteiger partial charge is 0.299 e. The average Bonchev–Trinajstić information content (AvgIpc) is 3.24. The smallest absolute Gasteiger partial charge is 0.245 e. The van der Waals surface area contributed by atoms with Crippen LogP contribution in [0.2, 0.25) is 0 Å². The Kier molecular flexibility index (Phi) is 5.90. The van der Waals surface area contributed by atoms with Crippen molar-refractivity contribution in [1.82, 2.24) is 14.6 Å². The van der Waals surface area contributed by atoms with Gasteiger partial charge in [0.25, 0.3) is 0 Å². The van der Waals surface area contributed by atoms with Crippen LogP contribution < -0.4 is 5.43 Å². The third kappa shape index (κ3) is 4.38. The summed E-state index contributed by atoms with van der Waals surface area (Å²) in [7, 11) is 0. The summed E-state index contributed by atoms with van der Waals surface area (Å²) in [6, 6.07) is 14.4. The molecule has 33 heavy (non-hydrogen) atoms. The lowest BCUT2D eigenvalue weighted by molar-refractivity contribution is -0.129. The van der Waals surface area contributed by atoms with Gasteiger partial charge in [-0.15, -0.1) is 0 Å². The van der Waals surface area contributed by atoms with Gasteiger partial charge in [0, 0.05) is 13.1 Å². The van der Waals surface area contributed by atoms with Crippen molar-refractivity contribution in [3.63, 3.8) is 0 Å². The van der Waals surface area contributed by atoms with E-state index in [0.717, 1.165) is 80.3 Å². The number of aryl methyl sites for hydroxylation is 1. The van der Waals surface area contributed by atoms with E-state index < -0.39 is 0 Å². The Labute approximate surface area is 195 Å². The summed E-state index contributed by atoms with van der Waals surface area (Å²) in [6.07, 6.45) is 8.87. The van der Waals surface area contributed by atoms with Crippen LogP contribution in [0.5, 0.6) is 0 Å². The number of fused-ring (bicyclic) bond motifs is 2. The molecule has 1 aromatic heterocycles. The molecule has 2 aliphatic rings. The second-order valence-corrected chi connectivity index (χ2v) is 9.76. The molecule has 2 aromatic carbocycles. The highest BCUT2D eigenvalue weighted by Crippen LogP contribution is 2.40. The number of amides is 1. The van der Waals surface area contributed by atoms with Crippen molar-refractivity contribution in [3.8, 4) is 6.07 Å². The van der Waals surface area contributed by atoms with Gasteiger partial charge in [0.2, 0.25) is 5.91 Å². The van der Waals surface area contributed by atoms with Crippen LogP contribution in [0, 0.1) is 23.7 Å². The molecule has 6 heteroatoms. The van der Waals surface area contributed by atoms with Crippen LogP contribution in [0.15, 0.2) is 42.7 Å². The zero-order valence-corrected chi connectivity index (χ0v) is 19.3. The van der Waals surface area contributed by atoms with E-state index in [2.05, 4.69) is 40.4 Å². The highest BCUT2D eigenvalue weighted by molar-refractivity contribution is 5.91. The fourth-order valence-electron chi connectivity index (χ4n) is 5.50. The first kappa shape index (κ1) is 21.7. The number of rotatable bonds is 5. The molecule has 0 unspecified atom stereocenters. The highest BCUT2D eigenvalue weighted by Gasteiger charge is 2.40. The van der Waals surface area contributed by atoms with Gasteiger partial charge in [-0.25, -0.2) is 9.66 Å². The molecule has 0 bridgehead atoms. The molecular formula is C27H31N5O. The number of benzene rings is 2. The van der Waals surface area contributed by atoms with Gasteiger partial charge in [-0.2, -0.15) is 5.26 Å². The van der Waals surface area contributed by atoms with Gasteiger partial charge >= 0.3 is 0 Å². The Balaban J connectivity index is 1.29. The van der Waals surface area contributed by atoms with Crippen molar-refractivity contribution < 1.29 is 4.79 Å². The monoisotopic (exact) mass is 441 g/mol. The van der Waals surface area contributed by atoms with Gasteiger partial charge in [-0.1, -0.05) is 31.4 Å². The van der Waals surface area contributed by atoms with E-state index in [1.165, 1.54) is 17.5 Å². The molecule has 0 radical (unpaired) electrons. The summed E-state index contributed by atoms with van der Waals surface area (Å²) in [5.41, 5.74) is 9.18. The number of aromatic nitrogens is 2. The molecule has 6 nitrogen and oxygen atoms in total. The van der Waals surface area contributed by atoms with Crippen molar-refractivity contribution in [2.45, 2.75) is 58.4 Å². The molecule has 1 fully saturated rings. The second kappa shape index (κ2) is 8.99. The number of hydrogen-bond acceptors (Lipinski definition) is 4. The lowest BCUT2D eigenvalue weighted by Crippen LogP contribution is -2.44. The molecule has 1 aliphatic carbocycles. The molecule has 5 rings (SSSR count). The SMILES string of the molecule is Cc1ccc2c(c1)ncn2NC(=O)C1(CCN2CCc3cc(C#N)ccc3C2)CCCCC1. The van der Waals surface area contributed by atoms with Gasteiger partial charge in [0.05, 0.1) is 28.1 Å². The summed E-state index contributed by atoms with van der Waals surface area (Å²) in [5, 5.41) is 9.16. The van der Waals surface area contributed by atoms with Gasteiger partial charge in [-0.3, -0.25) is 15.1 Å². The zero-order chi connectivity index (χ0) is 22.8. The number of carbonyl (C=O) groups excluding carboxylic acids is 1.